The SMILES string of the molecule is Cc1cc(C(=O)Nc2ccccc2OCC#N)on1. The molecule has 0 radical (unpaired) electrons. The molecule has 0 saturated carbocycles. The molecule has 6 heteroatoms. The van der Waals surface area contributed by atoms with Crippen LogP contribution in [0.2, 0.25) is 0 Å². The summed E-state index contributed by atoms with van der Waals surface area (Å²) in [4.78, 5) is 11.9. The van der Waals surface area contributed by atoms with Crippen molar-refractivity contribution in [3.8, 4) is 11.8 Å². The first kappa shape index (κ1) is 12.6. The van der Waals surface area contributed by atoms with Crippen molar-refractivity contribution in [3.63, 3.8) is 0 Å². The second kappa shape index (κ2) is 5.69. The molecule has 2 aromatic rings. The molecule has 6 nitrogen and oxygen atoms in total. The fraction of sp³-hybridized carbons (Fsp3) is 0.154. The average molecular weight is 257 g/mol. The summed E-state index contributed by atoms with van der Waals surface area (Å²) in [5.41, 5.74) is 1.09. The van der Waals surface area contributed by atoms with Gasteiger partial charge in [-0.05, 0) is 19.1 Å². The van der Waals surface area contributed by atoms with Gasteiger partial charge in [-0.25, -0.2) is 0 Å². The molecule has 96 valence electrons. The fourth-order valence-corrected chi connectivity index (χ4v) is 1.46. The van der Waals surface area contributed by atoms with Crippen molar-refractivity contribution < 1.29 is 14.1 Å². The number of carbonyl (C=O) groups is 1. The molecule has 0 bridgehead atoms. The molecule has 1 heterocycles. The van der Waals surface area contributed by atoms with E-state index in [-0.39, 0.29) is 12.4 Å². The number of para-hydroxylation sites is 2. The zero-order valence-electron chi connectivity index (χ0n) is 10.2. The van der Waals surface area contributed by atoms with E-state index in [1.54, 1.807) is 31.2 Å². The first-order chi connectivity index (χ1) is 9.20. The maximum absolute atomic E-state index is 11.9. The summed E-state index contributed by atoms with van der Waals surface area (Å²) in [7, 11) is 0. The molecule has 0 saturated heterocycles. The number of nitrogens with one attached hydrogen (secondary N) is 1. The van der Waals surface area contributed by atoms with Gasteiger partial charge in [0.1, 0.15) is 11.8 Å². The van der Waals surface area contributed by atoms with Gasteiger partial charge in [-0.2, -0.15) is 5.26 Å². The van der Waals surface area contributed by atoms with Crippen molar-refractivity contribution in [1.82, 2.24) is 5.16 Å². The van der Waals surface area contributed by atoms with Crippen LogP contribution in [0.1, 0.15) is 16.2 Å². The van der Waals surface area contributed by atoms with Crippen LogP contribution in [0.3, 0.4) is 0 Å². The zero-order chi connectivity index (χ0) is 13.7. The van der Waals surface area contributed by atoms with E-state index in [2.05, 4.69) is 10.5 Å². The van der Waals surface area contributed by atoms with Crippen LogP contribution in [-0.4, -0.2) is 17.7 Å². The molecule has 0 aliphatic heterocycles. The van der Waals surface area contributed by atoms with Crippen LogP contribution >= 0.6 is 0 Å². The summed E-state index contributed by atoms with van der Waals surface area (Å²) >= 11 is 0. The summed E-state index contributed by atoms with van der Waals surface area (Å²) < 4.78 is 10.1. The van der Waals surface area contributed by atoms with Gasteiger partial charge in [-0.15, -0.1) is 0 Å². The molecule has 0 aliphatic rings. The third-order valence-electron chi connectivity index (χ3n) is 2.28. The summed E-state index contributed by atoms with van der Waals surface area (Å²) in [6.07, 6.45) is 0. The Bertz CT molecular complexity index is 628. The molecule has 2 rings (SSSR count). The van der Waals surface area contributed by atoms with Crippen molar-refractivity contribution in [2.45, 2.75) is 6.92 Å². The van der Waals surface area contributed by atoms with Crippen LogP contribution in [0.15, 0.2) is 34.9 Å². The molecule has 1 aromatic heterocycles. The number of hydrogen-bond donors (Lipinski definition) is 1. The van der Waals surface area contributed by atoms with Crippen LogP contribution in [0, 0.1) is 18.3 Å². The lowest BCUT2D eigenvalue weighted by Crippen LogP contribution is -2.12. The van der Waals surface area contributed by atoms with E-state index in [4.69, 9.17) is 14.5 Å². The van der Waals surface area contributed by atoms with Crippen molar-refractivity contribution >= 4 is 11.6 Å². The number of aryl methyl sites for hydroxylation is 1. The van der Waals surface area contributed by atoms with Gasteiger partial charge in [0.25, 0.3) is 5.91 Å². The van der Waals surface area contributed by atoms with Crippen LogP contribution in [0.4, 0.5) is 5.69 Å². The predicted molar refractivity (Wildman–Crippen MR) is 66.7 cm³/mol. The molecule has 0 atom stereocenters. The minimum Gasteiger partial charge on any atom is -0.477 e. The molecule has 19 heavy (non-hydrogen) atoms. The molecular weight excluding hydrogens is 246 g/mol. The summed E-state index contributed by atoms with van der Waals surface area (Å²) in [6, 6.07) is 10.2. The highest BCUT2D eigenvalue weighted by Crippen LogP contribution is 2.24. The van der Waals surface area contributed by atoms with Crippen LogP contribution in [0.5, 0.6) is 5.75 Å². The first-order valence-electron chi connectivity index (χ1n) is 5.54. The smallest absolute Gasteiger partial charge is 0.294 e. The lowest BCUT2D eigenvalue weighted by Gasteiger charge is -2.09. The van der Waals surface area contributed by atoms with Crippen molar-refractivity contribution in [2.24, 2.45) is 0 Å². The van der Waals surface area contributed by atoms with Gasteiger partial charge < -0.3 is 14.6 Å². The Balaban J connectivity index is 2.14. The van der Waals surface area contributed by atoms with Crippen LogP contribution in [0.25, 0.3) is 0 Å². The number of ether oxygens (including phenoxy) is 1. The average Bonchev–Trinajstić information content (AvgIpc) is 2.84. The number of benzene rings is 1. The minimum absolute atomic E-state index is 0.0890. The summed E-state index contributed by atoms with van der Waals surface area (Å²) in [5.74, 6) is 0.120. The highest BCUT2D eigenvalue weighted by atomic mass is 16.5. The standard InChI is InChI=1S/C13H11N3O3/c1-9-8-12(19-16-9)13(17)15-10-4-2-3-5-11(10)18-7-6-14/h2-5,8H,7H2,1H3,(H,15,17). The lowest BCUT2D eigenvalue weighted by atomic mass is 10.2. The van der Waals surface area contributed by atoms with Crippen molar-refractivity contribution in [1.29, 1.82) is 5.26 Å². The molecule has 0 fully saturated rings. The fourth-order valence-electron chi connectivity index (χ4n) is 1.46. The Hall–Kier alpha value is -2.81. The highest BCUT2D eigenvalue weighted by Gasteiger charge is 2.13. The third kappa shape index (κ3) is 3.10. The number of carbonyl (C=O) groups excluding carboxylic acids is 1. The van der Waals surface area contributed by atoms with E-state index in [1.165, 1.54) is 6.07 Å². The van der Waals surface area contributed by atoms with Gasteiger partial charge in [0.05, 0.1) is 11.4 Å². The largest absolute Gasteiger partial charge is 0.477 e. The van der Waals surface area contributed by atoms with Gasteiger partial charge in [0, 0.05) is 6.07 Å². The molecule has 0 spiro atoms. The predicted octanol–water partition coefficient (Wildman–Crippen LogP) is 2.14. The Labute approximate surface area is 109 Å². The van der Waals surface area contributed by atoms with Crippen LogP contribution in [-0.2, 0) is 0 Å². The Morgan fingerprint density at radius 1 is 1.53 bits per heavy atom. The van der Waals surface area contributed by atoms with Gasteiger partial charge in [0.15, 0.2) is 6.61 Å². The second-order valence-electron chi connectivity index (χ2n) is 3.73. The zero-order valence-corrected chi connectivity index (χ0v) is 10.2. The quantitative estimate of drug-likeness (QED) is 0.906. The highest BCUT2D eigenvalue weighted by molar-refractivity contribution is 6.03. The first-order valence-corrected chi connectivity index (χ1v) is 5.54. The van der Waals surface area contributed by atoms with E-state index in [0.717, 1.165) is 0 Å². The van der Waals surface area contributed by atoms with E-state index in [0.29, 0.717) is 17.1 Å². The van der Waals surface area contributed by atoms with Crippen molar-refractivity contribution in [3.05, 3.63) is 41.8 Å². The van der Waals surface area contributed by atoms with Gasteiger partial charge in [-0.3, -0.25) is 4.79 Å². The van der Waals surface area contributed by atoms with E-state index in [1.807, 2.05) is 6.07 Å². The molecule has 1 aromatic carbocycles. The van der Waals surface area contributed by atoms with Gasteiger partial charge in [-0.1, -0.05) is 17.3 Å². The van der Waals surface area contributed by atoms with Gasteiger partial charge >= 0.3 is 0 Å². The normalized spacial score (nSPS) is 9.68. The Kier molecular flexibility index (Phi) is 3.78. The lowest BCUT2D eigenvalue weighted by molar-refractivity contribution is 0.0987. The number of nitriles is 1. The number of amides is 1. The Morgan fingerprint density at radius 3 is 3.00 bits per heavy atom. The monoisotopic (exact) mass is 257 g/mol. The summed E-state index contributed by atoms with van der Waals surface area (Å²) in [5, 5.41) is 14.8. The number of aromatic nitrogens is 1. The van der Waals surface area contributed by atoms with E-state index < -0.39 is 5.91 Å². The van der Waals surface area contributed by atoms with E-state index >= 15 is 0 Å². The maximum atomic E-state index is 11.9. The van der Waals surface area contributed by atoms with E-state index in [9.17, 15) is 4.79 Å². The van der Waals surface area contributed by atoms with Crippen molar-refractivity contribution in [2.75, 3.05) is 11.9 Å². The minimum atomic E-state index is -0.423. The summed E-state index contributed by atoms with van der Waals surface area (Å²) in [6.45, 7) is 1.64. The number of nitrogens with zero attached hydrogens (tertiary/aromatic N) is 2. The molecule has 1 amide bonds. The number of rotatable bonds is 4. The molecule has 0 aliphatic carbocycles. The third-order valence-corrected chi connectivity index (χ3v) is 2.28. The topological polar surface area (TPSA) is 88.1 Å². The second-order valence-corrected chi connectivity index (χ2v) is 3.73. The number of hydrogen-bond acceptors (Lipinski definition) is 5. The maximum Gasteiger partial charge on any atom is 0.294 e. The molecule has 1 N–H and O–H groups in total. The van der Waals surface area contributed by atoms with Gasteiger partial charge in [0.2, 0.25) is 5.76 Å². The molecule has 0 unspecified atom stereocenters. The molecular formula is C13H11N3O3. The number of anilines is 1. The van der Waals surface area contributed by atoms with Crippen LogP contribution < -0.4 is 10.1 Å². The Morgan fingerprint density at radius 2 is 2.32 bits per heavy atom.